The zero-order chi connectivity index (χ0) is 22.4. The van der Waals surface area contributed by atoms with Crippen LogP contribution in [0.5, 0.6) is 0 Å². The first-order valence-corrected chi connectivity index (χ1v) is 11.6. The molecule has 0 aliphatic heterocycles. The molecule has 1 atom stereocenters. The number of carbonyl (C=O) groups excluding carboxylic acids is 1. The Morgan fingerprint density at radius 1 is 0.935 bits per heavy atom. The average molecular weight is 438 g/mol. The number of hydrogen-bond donors (Lipinski definition) is 1. The van der Waals surface area contributed by atoms with Crippen LogP contribution >= 0.6 is 0 Å². The van der Waals surface area contributed by atoms with E-state index in [0.717, 1.165) is 15.4 Å². The van der Waals surface area contributed by atoms with Crippen molar-refractivity contribution in [3.8, 4) is 0 Å². The summed E-state index contributed by atoms with van der Waals surface area (Å²) >= 11 is 0. The van der Waals surface area contributed by atoms with Crippen LogP contribution < -0.4 is 9.62 Å². The first kappa shape index (κ1) is 22.5. The number of benzene rings is 2. The normalized spacial score (nSPS) is 12.4. The second-order valence-corrected chi connectivity index (χ2v) is 9.51. The molecule has 0 aliphatic carbocycles. The van der Waals surface area contributed by atoms with Gasteiger partial charge in [-0.25, -0.2) is 8.42 Å². The molecule has 1 amide bonds. The van der Waals surface area contributed by atoms with Gasteiger partial charge in [-0.2, -0.15) is 0 Å². The number of pyridine rings is 1. The Kier molecular flexibility index (Phi) is 7.07. The van der Waals surface area contributed by atoms with Gasteiger partial charge in [-0.05, 0) is 54.3 Å². The fourth-order valence-corrected chi connectivity index (χ4v) is 4.64. The van der Waals surface area contributed by atoms with Crippen LogP contribution in [0, 0.1) is 0 Å². The van der Waals surface area contributed by atoms with Crippen molar-refractivity contribution in [2.24, 2.45) is 0 Å². The number of aromatic nitrogens is 1. The molecule has 0 fully saturated rings. The molecule has 162 valence electrons. The van der Waals surface area contributed by atoms with Gasteiger partial charge in [0.2, 0.25) is 5.91 Å². The standard InChI is InChI=1S/C24H27N3O3S/c1-18(2)20-11-13-22(14-12-20)27(31(29,30)23-9-5-4-6-10-23)17-24(28)26-19(3)21-8-7-15-25-16-21/h4-16,18-19H,17H2,1-3H3,(H,26,28)/t19-/m1/s1. The molecule has 31 heavy (non-hydrogen) atoms. The van der Waals surface area contributed by atoms with E-state index in [1.165, 1.54) is 12.1 Å². The molecule has 3 aromatic rings. The smallest absolute Gasteiger partial charge is 0.264 e. The zero-order valence-corrected chi connectivity index (χ0v) is 18.7. The van der Waals surface area contributed by atoms with Crippen LogP contribution in [-0.4, -0.2) is 25.9 Å². The van der Waals surface area contributed by atoms with Crippen molar-refractivity contribution in [3.63, 3.8) is 0 Å². The van der Waals surface area contributed by atoms with Gasteiger partial charge in [0.05, 0.1) is 16.6 Å². The first-order valence-electron chi connectivity index (χ1n) is 10.2. The monoisotopic (exact) mass is 437 g/mol. The highest BCUT2D eigenvalue weighted by molar-refractivity contribution is 7.92. The molecule has 6 nitrogen and oxygen atoms in total. The lowest BCUT2D eigenvalue weighted by molar-refractivity contribution is -0.120. The van der Waals surface area contributed by atoms with Gasteiger partial charge in [0.15, 0.2) is 0 Å². The Morgan fingerprint density at radius 2 is 1.61 bits per heavy atom. The molecule has 0 aliphatic rings. The molecular formula is C24H27N3O3S. The van der Waals surface area contributed by atoms with E-state index in [0.29, 0.717) is 11.6 Å². The van der Waals surface area contributed by atoms with Crippen LogP contribution in [-0.2, 0) is 14.8 Å². The van der Waals surface area contributed by atoms with Crippen LogP contribution in [0.1, 0.15) is 43.9 Å². The molecule has 2 aromatic carbocycles. The Morgan fingerprint density at radius 3 is 2.19 bits per heavy atom. The third-order valence-corrected chi connectivity index (χ3v) is 6.82. The van der Waals surface area contributed by atoms with Crippen LogP contribution in [0.15, 0.2) is 84.0 Å². The fraction of sp³-hybridized carbons (Fsp3) is 0.250. The fourth-order valence-electron chi connectivity index (χ4n) is 3.19. The Hall–Kier alpha value is -3.19. The number of carbonyl (C=O) groups is 1. The SMILES string of the molecule is CC(C)c1ccc(N(CC(=O)N[C@H](C)c2cccnc2)S(=O)(=O)c2ccccc2)cc1. The zero-order valence-electron chi connectivity index (χ0n) is 17.9. The number of anilines is 1. The number of nitrogens with one attached hydrogen (secondary N) is 1. The molecule has 1 N–H and O–H groups in total. The van der Waals surface area contributed by atoms with Gasteiger partial charge in [0.1, 0.15) is 6.54 Å². The van der Waals surface area contributed by atoms with Crippen LogP contribution in [0.2, 0.25) is 0 Å². The molecule has 1 heterocycles. The minimum atomic E-state index is -3.92. The molecule has 0 radical (unpaired) electrons. The van der Waals surface area contributed by atoms with E-state index in [2.05, 4.69) is 24.1 Å². The number of rotatable bonds is 8. The van der Waals surface area contributed by atoms with Gasteiger partial charge in [-0.15, -0.1) is 0 Å². The highest BCUT2D eigenvalue weighted by Crippen LogP contribution is 2.26. The minimum Gasteiger partial charge on any atom is -0.348 e. The third-order valence-electron chi connectivity index (χ3n) is 5.03. The quantitative estimate of drug-likeness (QED) is 0.571. The van der Waals surface area contributed by atoms with E-state index < -0.39 is 15.9 Å². The summed E-state index contributed by atoms with van der Waals surface area (Å²) in [6.45, 7) is 5.65. The lowest BCUT2D eigenvalue weighted by Gasteiger charge is -2.25. The maximum absolute atomic E-state index is 13.4. The van der Waals surface area contributed by atoms with E-state index in [-0.39, 0.29) is 17.5 Å². The lowest BCUT2D eigenvalue weighted by atomic mass is 10.0. The summed E-state index contributed by atoms with van der Waals surface area (Å²) in [6.07, 6.45) is 3.33. The van der Waals surface area contributed by atoms with E-state index in [9.17, 15) is 13.2 Å². The van der Waals surface area contributed by atoms with Gasteiger partial charge in [0.25, 0.3) is 10.0 Å². The van der Waals surface area contributed by atoms with Gasteiger partial charge in [0, 0.05) is 12.4 Å². The third kappa shape index (κ3) is 5.49. The van der Waals surface area contributed by atoms with E-state index in [1.807, 2.05) is 25.1 Å². The first-order chi connectivity index (χ1) is 14.8. The summed E-state index contributed by atoms with van der Waals surface area (Å²) < 4.78 is 27.9. The second-order valence-electron chi connectivity index (χ2n) is 7.65. The molecule has 0 spiro atoms. The minimum absolute atomic E-state index is 0.135. The number of nitrogens with zero attached hydrogens (tertiary/aromatic N) is 2. The van der Waals surface area contributed by atoms with E-state index >= 15 is 0 Å². The maximum Gasteiger partial charge on any atom is 0.264 e. The van der Waals surface area contributed by atoms with Gasteiger partial charge >= 0.3 is 0 Å². The van der Waals surface area contributed by atoms with Crippen molar-refractivity contribution in [3.05, 3.63) is 90.3 Å². The Balaban J connectivity index is 1.89. The number of sulfonamides is 1. The molecule has 1 aromatic heterocycles. The molecule has 0 unspecified atom stereocenters. The molecule has 0 saturated carbocycles. The molecular weight excluding hydrogens is 410 g/mol. The molecule has 0 bridgehead atoms. The summed E-state index contributed by atoms with van der Waals surface area (Å²) in [4.78, 5) is 17.0. The van der Waals surface area contributed by atoms with Crippen LogP contribution in [0.4, 0.5) is 5.69 Å². The summed E-state index contributed by atoms with van der Waals surface area (Å²) in [5.41, 5.74) is 2.38. The van der Waals surface area contributed by atoms with Crippen molar-refractivity contribution in [2.45, 2.75) is 37.6 Å². The summed E-state index contributed by atoms with van der Waals surface area (Å²) in [6, 6.07) is 18.8. The second kappa shape index (κ2) is 9.75. The molecule has 7 heteroatoms. The van der Waals surface area contributed by atoms with Gasteiger partial charge in [-0.3, -0.25) is 14.1 Å². The maximum atomic E-state index is 13.4. The lowest BCUT2D eigenvalue weighted by Crippen LogP contribution is -2.41. The Labute approximate surface area is 184 Å². The average Bonchev–Trinajstić information content (AvgIpc) is 2.78. The Bertz CT molecular complexity index is 1100. The molecule has 0 saturated heterocycles. The van der Waals surface area contributed by atoms with Gasteiger partial charge in [-0.1, -0.05) is 50.2 Å². The highest BCUT2D eigenvalue weighted by Gasteiger charge is 2.27. The van der Waals surface area contributed by atoms with Crippen molar-refractivity contribution in [2.75, 3.05) is 10.8 Å². The van der Waals surface area contributed by atoms with Crippen molar-refractivity contribution >= 4 is 21.6 Å². The topological polar surface area (TPSA) is 79.4 Å². The number of hydrogen-bond acceptors (Lipinski definition) is 4. The largest absolute Gasteiger partial charge is 0.348 e. The van der Waals surface area contributed by atoms with Crippen LogP contribution in [0.25, 0.3) is 0 Å². The van der Waals surface area contributed by atoms with Gasteiger partial charge < -0.3 is 5.32 Å². The summed E-state index contributed by atoms with van der Waals surface area (Å²) in [5, 5.41) is 2.86. The van der Waals surface area contributed by atoms with E-state index in [1.54, 1.807) is 48.8 Å². The predicted octanol–water partition coefficient (Wildman–Crippen LogP) is 4.28. The summed E-state index contributed by atoms with van der Waals surface area (Å²) in [7, 11) is -3.92. The van der Waals surface area contributed by atoms with E-state index in [4.69, 9.17) is 0 Å². The van der Waals surface area contributed by atoms with Crippen LogP contribution in [0.3, 0.4) is 0 Å². The van der Waals surface area contributed by atoms with Crippen molar-refractivity contribution < 1.29 is 13.2 Å². The van der Waals surface area contributed by atoms with Crippen molar-refractivity contribution in [1.82, 2.24) is 10.3 Å². The van der Waals surface area contributed by atoms with Crippen molar-refractivity contribution in [1.29, 1.82) is 0 Å². The predicted molar refractivity (Wildman–Crippen MR) is 122 cm³/mol. The molecule has 3 rings (SSSR count). The highest BCUT2D eigenvalue weighted by atomic mass is 32.2. The number of amides is 1. The summed E-state index contributed by atoms with van der Waals surface area (Å²) in [5.74, 6) is -0.0827.